The van der Waals surface area contributed by atoms with Crippen LogP contribution in [0.25, 0.3) is 6.08 Å². The Balaban J connectivity index is 1.58. The van der Waals surface area contributed by atoms with Crippen LogP contribution in [0, 0.1) is 6.92 Å². The smallest absolute Gasteiger partial charge is 0.335 e. The van der Waals surface area contributed by atoms with E-state index in [0.29, 0.717) is 28.0 Å². The minimum absolute atomic E-state index is 0.179. The molecule has 0 aliphatic carbocycles. The lowest BCUT2D eigenvalue weighted by atomic mass is 10.1. The van der Waals surface area contributed by atoms with Crippen molar-refractivity contribution in [1.82, 2.24) is 5.32 Å². The molecule has 0 saturated carbocycles. The number of halogens is 2. The molecule has 3 aromatic rings. The summed E-state index contributed by atoms with van der Waals surface area (Å²) in [5.74, 6) is -0.954. The van der Waals surface area contributed by atoms with Gasteiger partial charge in [0.15, 0.2) is 0 Å². The number of hydrogen-bond donors (Lipinski definition) is 1. The van der Waals surface area contributed by atoms with Crippen LogP contribution >= 0.6 is 23.2 Å². The Kier molecular flexibility index (Phi) is 6.49. The summed E-state index contributed by atoms with van der Waals surface area (Å²) in [6, 6.07) is 18.2. The molecule has 1 heterocycles. The monoisotopic (exact) mass is 480 g/mol. The van der Waals surface area contributed by atoms with Crippen molar-refractivity contribution in [2.24, 2.45) is 0 Å². The average molecular weight is 481 g/mol. The van der Waals surface area contributed by atoms with E-state index in [4.69, 9.17) is 27.9 Å². The van der Waals surface area contributed by atoms with Crippen molar-refractivity contribution in [3.05, 3.63) is 99.0 Å². The van der Waals surface area contributed by atoms with Crippen LogP contribution < -0.4 is 15.0 Å². The second kappa shape index (κ2) is 9.48. The van der Waals surface area contributed by atoms with Gasteiger partial charge in [0.2, 0.25) is 0 Å². The third kappa shape index (κ3) is 5.08. The molecule has 0 aromatic heterocycles. The molecule has 4 amide bonds. The summed E-state index contributed by atoms with van der Waals surface area (Å²) < 4.78 is 5.81. The van der Waals surface area contributed by atoms with Gasteiger partial charge in [0.25, 0.3) is 11.8 Å². The van der Waals surface area contributed by atoms with Crippen molar-refractivity contribution >= 4 is 52.8 Å². The van der Waals surface area contributed by atoms with E-state index >= 15 is 0 Å². The number of anilines is 1. The standard InChI is InChI=1S/C25H18Cl2N2O4/c1-15-5-10-19(13-22(15)27)29-24(31)21(23(30)28-25(29)32)12-17-3-2-4-20(11-17)33-14-16-6-8-18(26)9-7-16/h2-13H,14H2,1H3,(H,28,30,32)/b21-12-. The first kappa shape index (κ1) is 22.6. The van der Waals surface area contributed by atoms with Gasteiger partial charge in [0, 0.05) is 10.0 Å². The minimum atomic E-state index is -0.831. The summed E-state index contributed by atoms with van der Waals surface area (Å²) in [5, 5.41) is 3.25. The SMILES string of the molecule is Cc1ccc(N2C(=O)NC(=O)/C(=C/c3cccc(OCc4ccc(Cl)cc4)c3)C2=O)cc1Cl. The molecule has 0 spiro atoms. The van der Waals surface area contributed by atoms with Gasteiger partial charge in [-0.15, -0.1) is 0 Å². The molecule has 33 heavy (non-hydrogen) atoms. The fourth-order valence-corrected chi connectivity index (χ4v) is 3.52. The maximum atomic E-state index is 13.1. The van der Waals surface area contributed by atoms with Gasteiger partial charge in [0.05, 0.1) is 5.69 Å². The van der Waals surface area contributed by atoms with Crippen LogP contribution in [-0.4, -0.2) is 17.8 Å². The van der Waals surface area contributed by atoms with Crippen LogP contribution in [0.5, 0.6) is 5.75 Å². The Morgan fingerprint density at radius 1 is 0.970 bits per heavy atom. The molecular formula is C25H18Cl2N2O4. The van der Waals surface area contributed by atoms with Crippen molar-refractivity contribution in [2.45, 2.75) is 13.5 Å². The zero-order chi connectivity index (χ0) is 23.5. The number of rotatable bonds is 5. The van der Waals surface area contributed by atoms with Gasteiger partial charge in [-0.1, -0.05) is 53.5 Å². The highest BCUT2D eigenvalue weighted by Crippen LogP contribution is 2.27. The van der Waals surface area contributed by atoms with Crippen molar-refractivity contribution in [3.8, 4) is 5.75 Å². The van der Waals surface area contributed by atoms with E-state index in [9.17, 15) is 14.4 Å². The van der Waals surface area contributed by atoms with Gasteiger partial charge in [-0.05, 0) is 66.1 Å². The largest absolute Gasteiger partial charge is 0.489 e. The average Bonchev–Trinajstić information content (AvgIpc) is 2.79. The number of carbonyl (C=O) groups is 3. The van der Waals surface area contributed by atoms with Gasteiger partial charge in [0.1, 0.15) is 17.9 Å². The second-order valence-corrected chi connectivity index (χ2v) is 8.22. The predicted molar refractivity (Wildman–Crippen MR) is 127 cm³/mol. The molecule has 6 nitrogen and oxygen atoms in total. The van der Waals surface area contributed by atoms with E-state index in [0.717, 1.165) is 16.0 Å². The molecule has 0 bridgehead atoms. The molecule has 1 aliphatic heterocycles. The number of benzene rings is 3. The fraction of sp³-hybridized carbons (Fsp3) is 0.0800. The predicted octanol–water partition coefficient (Wildman–Crippen LogP) is 5.55. The van der Waals surface area contributed by atoms with Gasteiger partial charge in [-0.3, -0.25) is 14.9 Å². The van der Waals surface area contributed by atoms with E-state index in [1.54, 1.807) is 55.5 Å². The molecule has 8 heteroatoms. The van der Waals surface area contributed by atoms with Crippen LogP contribution in [-0.2, 0) is 16.2 Å². The second-order valence-electron chi connectivity index (χ2n) is 7.38. The maximum absolute atomic E-state index is 13.1. The van der Waals surface area contributed by atoms with Gasteiger partial charge < -0.3 is 4.74 Å². The normalized spacial score (nSPS) is 15.1. The number of carbonyl (C=O) groups excluding carboxylic acids is 3. The number of aryl methyl sites for hydroxylation is 1. The number of ether oxygens (including phenoxy) is 1. The summed E-state index contributed by atoms with van der Waals surface area (Å²) in [4.78, 5) is 38.8. The number of urea groups is 1. The van der Waals surface area contributed by atoms with E-state index in [2.05, 4.69) is 5.32 Å². The van der Waals surface area contributed by atoms with Gasteiger partial charge in [-0.2, -0.15) is 0 Å². The quantitative estimate of drug-likeness (QED) is 0.383. The zero-order valence-corrected chi connectivity index (χ0v) is 19.0. The molecule has 4 rings (SSSR count). The Bertz CT molecular complexity index is 1290. The first-order valence-corrected chi connectivity index (χ1v) is 10.7. The molecule has 1 fully saturated rings. The third-order valence-electron chi connectivity index (χ3n) is 5.00. The lowest BCUT2D eigenvalue weighted by molar-refractivity contribution is -0.122. The van der Waals surface area contributed by atoms with Crippen molar-refractivity contribution in [2.75, 3.05) is 4.90 Å². The van der Waals surface area contributed by atoms with Crippen LogP contribution in [0.4, 0.5) is 10.5 Å². The third-order valence-corrected chi connectivity index (χ3v) is 5.66. The van der Waals surface area contributed by atoms with E-state index < -0.39 is 17.8 Å². The van der Waals surface area contributed by atoms with Crippen molar-refractivity contribution in [3.63, 3.8) is 0 Å². The molecule has 1 saturated heterocycles. The fourth-order valence-electron chi connectivity index (χ4n) is 3.22. The number of nitrogens with zero attached hydrogens (tertiary/aromatic N) is 1. The summed E-state index contributed by atoms with van der Waals surface area (Å²) in [6.45, 7) is 2.13. The van der Waals surface area contributed by atoms with E-state index in [1.165, 1.54) is 12.1 Å². The Morgan fingerprint density at radius 2 is 1.73 bits per heavy atom. The van der Waals surface area contributed by atoms with Crippen molar-refractivity contribution < 1.29 is 19.1 Å². The van der Waals surface area contributed by atoms with Gasteiger partial charge >= 0.3 is 6.03 Å². The number of imide groups is 2. The number of nitrogens with one attached hydrogen (secondary N) is 1. The first-order valence-electron chi connectivity index (χ1n) is 9.97. The molecule has 0 unspecified atom stereocenters. The summed E-state index contributed by atoms with van der Waals surface area (Å²) in [6.07, 6.45) is 1.42. The Hall–Kier alpha value is -3.61. The molecule has 0 atom stereocenters. The molecule has 1 aliphatic rings. The summed E-state index contributed by atoms with van der Waals surface area (Å²) >= 11 is 12.1. The van der Waals surface area contributed by atoms with Crippen molar-refractivity contribution in [1.29, 1.82) is 0 Å². The summed E-state index contributed by atoms with van der Waals surface area (Å²) in [5.41, 5.74) is 2.40. The van der Waals surface area contributed by atoms with E-state index in [-0.39, 0.29) is 11.3 Å². The van der Waals surface area contributed by atoms with Crippen LogP contribution in [0.2, 0.25) is 10.0 Å². The van der Waals surface area contributed by atoms with E-state index in [1.807, 2.05) is 12.1 Å². The van der Waals surface area contributed by atoms with Gasteiger partial charge in [-0.25, -0.2) is 9.69 Å². The topological polar surface area (TPSA) is 75.7 Å². The number of amides is 4. The molecular weight excluding hydrogens is 463 g/mol. The maximum Gasteiger partial charge on any atom is 0.335 e. The molecule has 1 N–H and O–H groups in total. The van der Waals surface area contributed by atoms with Crippen LogP contribution in [0.1, 0.15) is 16.7 Å². The lowest BCUT2D eigenvalue weighted by Crippen LogP contribution is -2.54. The molecule has 166 valence electrons. The lowest BCUT2D eigenvalue weighted by Gasteiger charge is -2.26. The molecule has 3 aromatic carbocycles. The Labute approximate surface area is 200 Å². The highest BCUT2D eigenvalue weighted by molar-refractivity contribution is 6.39. The zero-order valence-electron chi connectivity index (χ0n) is 17.5. The minimum Gasteiger partial charge on any atom is -0.489 e. The number of barbiturate groups is 1. The first-order chi connectivity index (χ1) is 15.8. The van der Waals surface area contributed by atoms with Crippen LogP contribution in [0.3, 0.4) is 0 Å². The highest BCUT2D eigenvalue weighted by atomic mass is 35.5. The molecule has 0 radical (unpaired) electrons. The Morgan fingerprint density at radius 3 is 2.45 bits per heavy atom. The summed E-state index contributed by atoms with van der Waals surface area (Å²) in [7, 11) is 0. The van der Waals surface area contributed by atoms with Crippen LogP contribution in [0.15, 0.2) is 72.3 Å². The highest BCUT2D eigenvalue weighted by Gasteiger charge is 2.37. The number of hydrogen-bond acceptors (Lipinski definition) is 4.